The minimum Gasteiger partial charge on any atom is -0.466 e. The number of amides is 1. The Kier molecular flexibility index (Phi) is 5.37. The van der Waals surface area contributed by atoms with E-state index in [1.54, 1.807) is 4.68 Å². The van der Waals surface area contributed by atoms with Gasteiger partial charge in [-0.05, 0) is 74.3 Å². The summed E-state index contributed by atoms with van der Waals surface area (Å²) in [7, 11) is 0. The number of carbonyl (C=O) groups is 2. The Labute approximate surface area is 196 Å². The van der Waals surface area contributed by atoms with E-state index >= 15 is 0 Å². The highest BCUT2D eigenvalue weighted by molar-refractivity contribution is 5.95. The number of ether oxygens (including phenoxy) is 1. The minimum atomic E-state index is -0.228. The number of nitrogens with zero attached hydrogens (tertiary/aromatic N) is 2. The second-order valence-electron chi connectivity index (χ2n) is 11.0. The van der Waals surface area contributed by atoms with Crippen LogP contribution >= 0.6 is 0 Å². The van der Waals surface area contributed by atoms with Crippen molar-refractivity contribution in [2.24, 2.45) is 22.7 Å². The van der Waals surface area contributed by atoms with E-state index in [2.05, 4.69) is 26.1 Å². The van der Waals surface area contributed by atoms with Crippen LogP contribution in [0.15, 0.2) is 30.3 Å². The Morgan fingerprint density at radius 3 is 2.61 bits per heavy atom. The molecule has 0 radical (unpaired) electrons. The van der Waals surface area contributed by atoms with E-state index in [4.69, 9.17) is 9.84 Å². The lowest BCUT2D eigenvalue weighted by molar-refractivity contribution is -0.148. The maximum atomic E-state index is 13.9. The molecule has 0 aliphatic heterocycles. The van der Waals surface area contributed by atoms with Crippen LogP contribution in [0.3, 0.4) is 0 Å². The van der Waals surface area contributed by atoms with E-state index in [0.717, 1.165) is 23.4 Å². The average molecular weight is 450 g/mol. The monoisotopic (exact) mass is 449 g/mol. The molecule has 2 bridgehead atoms. The third-order valence-corrected chi connectivity index (χ3v) is 8.63. The number of esters is 1. The Morgan fingerprint density at radius 2 is 1.94 bits per heavy atom. The van der Waals surface area contributed by atoms with Crippen molar-refractivity contribution in [1.29, 1.82) is 0 Å². The first-order valence-corrected chi connectivity index (χ1v) is 12.4. The van der Waals surface area contributed by atoms with Gasteiger partial charge in [0.2, 0.25) is 0 Å². The van der Waals surface area contributed by atoms with Gasteiger partial charge in [-0.2, -0.15) is 5.10 Å². The molecule has 6 heteroatoms. The summed E-state index contributed by atoms with van der Waals surface area (Å²) in [6.45, 7) is 9.13. The molecule has 1 aromatic heterocycles. The molecular weight excluding hydrogens is 414 g/mol. The molecular formula is C27H35N3O3. The Balaban J connectivity index is 1.52. The zero-order chi connectivity index (χ0) is 23.4. The molecule has 176 valence electrons. The summed E-state index contributed by atoms with van der Waals surface area (Å²) >= 11 is 0. The first-order chi connectivity index (χ1) is 15.7. The molecule has 4 unspecified atom stereocenters. The van der Waals surface area contributed by atoms with Gasteiger partial charge in [0.05, 0.1) is 23.9 Å². The zero-order valence-corrected chi connectivity index (χ0v) is 20.2. The number of aromatic nitrogens is 2. The number of benzene rings is 1. The summed E-state index contributed by atoms with van der Waals surface area (Å²) < 4.78 is 7.09. The molecule has 0 saturated heterocycles. The molecule has 1 heterocycles. The van der Waals surface area contributed by atoms with Gasteiger partial charge < -0.3 is 10.1 Å². The first-order valence-electron chi connectivity index (χ1n) is 12.4. The highest BCUT2D eigenvalue weighted by Crippen LogP contribution is 2.62. The van der Waals surface area contributed by atoms with Gasteiger partial charge in [0.15, 0.2) is 0 Å². The predicted molar refractivity (Wildman–Crippen MR) is 126 cm³/mol. The van der Waals surface area contributed by atoms with Gasteiger partial charge in [-0.3, -0.25) is 9.59 Å². The van der Waals surface area contributed by atoms with Crippen molar-refractivity contribution in [3.05, 3.63) is 47.3 Å². The molecule has 2 fully saturated rings. The molecule has 4 atom stereocenters. The van der Waals surface area contributed by atoms with Crippen LogP contribution < -0.4 is 5.32 Å². The smallest absolute Gasteiger partial charge is 0.309 e. The number of aryl methyl sites for hydroxylation is 1. The second kappa shape index (κ2) is 8.00. The van der Waals surface area contributed by atoms with Crippen molar-refractivity contribution in [3.8, 4) is 5.69 Å². The summed E-state index contributed by atoms with van der Waals surface area (Å²) in [5, 5.41) is 8.32. The van der Waals surface area contributed by atoms with E-state index in [-0.39, 0.29) is 34.7 Å². The maximum absolute atomic E-state index is 13.9. The number of carbonyl (C=O) groups excluding carboxylic acids is 2. The maximum Gasteiger partial charge on any atom is 0.309 e. The predicted octanol–water partition coefficient (Wildman–Crippen LogP) is 4.48. The molecule has 6 nitrogen and oxygen atoms in total. The topological polar surface area (TPSA) is 73.2 Å². The van der Waals surface area contributed by atoms with Gasteiger partial charge in [-0.25, -0.2) is 4.68 Å². The van der Waals surface area contributed by atoms with E-state index in [0.29, 0.717) is 37.5 Å². The molecule has 2 aromatic rings. The standard InChI is InChI=1S/C27H35N3O3/c1-5-33-24(32)17-11-12-21-20(15-17)22(30(29-21)19-9-7-6-8-10-19)23(31)28-25-26(2,3)18-13-14-27(25,4)16-18/h6-10,17-18,25H,5,11-16H2,1-4H3,(H,28,31). The van der Waals surface area contributed by atoms with Crippen molar-refractivity contribution < 1.29 is 14.3 Å². The molecule has 1 aromatic carbocycles. The number of fused-ring (bicyclic) bond motifs is 3. The Bertz CT molecular complexity index is 1070. The van der Waals surface area contributed by atoms with Gasteiger partial charge >= 0.3 is 5.97 Å². The fourth-order valence-corrected chi connectivity index (χ4v) is 6.88. The van der Waals surface area contributed by atoms with Crippen molar-refractivity contribution >= 4 is 11.9 Å². The van der Waals surface area contributed by atoms with Gasteiger partial charge in [0.25, 0.3) is 5.91 Å². The highest BCUT2D eigenvalue weighted by atomic mass is 16.5. The number of nitrogens with one attached hydrogen (secondary N) is 1. The number of hydrogen-bond acceptors (Lipinski definition) is 4. The number of rotatable bonds is 5. The lowest BCUT2D eigenvalue weighted by Gasteiger charge is -2.43. The van der Waals surface area contributed by atoms with E-state index < -0.39 is 0 Å². The van der Waals surface area contributed by atoms with Crippen molar-refractivity contribution in [1.82, 2.24) is 15.1 Å². The summed E-state index contributed by atoms with van der Waals surface area (Å²) in [5.74, 6) is 0.162. The second-order valence-corrected chi connectivity index (χ2v) is 11.0. The van der Waals surface area contributed by atoms with Gasteiger partial charge in [-0.15, -0.1) is 0 Å². The Morgan fingerprint density at radius 1 is 1.18 bits per heavy atom. The SMILES string of the molecule is CCOC(=O)C1CCc2nn(-c3ccccc3)c(C(=O)NC3C4(C)CCC(C4)C3(C)C)c2C1. The number of para-hydroxylation sites is 1. The molecule has 3 aliphatic carbocycles. The fraction of sp³-hybridized carbons (Fsp3) is 0.593. The fourth-order valence-electron chi connectivity index (χ4n) is 6.88. The normalized spacial score (nSPS) is 29.5. The third kappa shape index (κ3) is 3.58. The average Bonchev–Trinajstić information content (AvgIpc) is 3.43. The first kappa shape index (κ1) is 22.2. The Hall–Kier alpha value is -2.63. The van der Waals surface area contributed by atoms with Gasteiger partial charge in [-0.1, -0.05) is 39.0 Å². The van der Waals surface area contributed by atoms with E-state index in [1.165, 1.54) is 12.8 Å². The number of hydrogen-bond donors (Lipinski definition) is 1. The summed E-state index contributed by atoms with van der Waals surface area (Å²) in [6.07, 6.45) is 5.45. The van der Waals surface area contributed by atoms with Crippen molar-refractivity contribution in [3.63, 3.8) is 0 Å². The molecule has 33 heavy (non-hydrogen) atoms. The zero-order valence-electron chi connectivity index (χ0n) is 20.2. The van der Waals surface area contributed by atoms with E-state index in [1.807, 2.05) is 37.3 Å². The van der Waals surface area contributed by atoms with Gasteiger partial charge in [0.1, 0.15) is 5.69 Å². The van der Waals surface area contributed by atoms with E-state index in [9.17, 15) is 9.59 Å². The van der Waals surface area contributed by atoms with Crippen LogP contribution in [0.4, 0.5) is 0 Å². The summed E-state index contributed by atoms with van der Waals surface area (Å²) in [6, 6.07) is 9.94. The van der Waals surface area contributed by atoms with Crippen LogP contribution in [0, 0.1) is 22.7 Å². The third-order valence-electron chi connectivity index (χ3n) is 8.63. The van der Waals surface area contributed by atoms with Crippen LogP contribution in [-0.4, -0.2) is 34.3 Å². The lowest BCUT2D eigenvalue weighted by atomic mass is 9.68. The molecule has 1 N–H and O–H groups in total. The largest absolute Gasteiger partial charge is 0.466 e. The molecule has 3 aliphatic rings. The van der Waals surface area contributed by atoms with Crippen LogP contribution in [-0.2, 0) is 22.4 Å². The highest BCUT2D eigenvalue weighted by Gasteiger charge is 2.59. The van der Waals surface area contributed by atoms with Crippen LogP contribution in [0.25, 0.3) is 5.69 Å². The van der Waals surface area contributed by atoms with Crippen molar-refractivity contribution in [2.75, 3.05) is 6.61 Å². The minimum absolute atomic E-state index is 0.0633. The van der Waals surface area contributed by atoms with Crippen LogP contribution in [0.1, 0.15) is 75.1 Å². The molecule has 5 rings (SSSR count). The lowest BCUT2D eigenvalue weighted by Crippen LogP contribution is -2.52. The summed E-state index contributed by atoms with van der Waals surface area (Å²) in [4.78, 5) is 26.5. The quantitative estimate of drug-likeness (QED) is 0.683. The summed E-state index contributed by atoms with van der Waals surface area (Å²) in [5.41, 5.74) is 3.45. The van der Waals surface area contributed by atoms with Gasteiger partial charge in [0, 0.05) is 11.6 Å². The van der Waals surface area contributed by atoms with Crippen LogP contribution in [0.5, 0.6) is 0 Å². The van der Waals surface area contributed by atoms with Crippen LogP contribution in [0.2, 0.25) is 0 Å². The molecule has 2 saturated carbocycles. The molecule has 0 spiro atoms. The van der Waals surface area contributed by atoms with Crippen molar-refractivity contribution in [2.45, 2.75) is 72.3 Å². The molecule has 1 amide bonds.